The molecule has 2 nitrogen and oxygen atoms in total. The number of hydrogen-bond donors (Lipinski definition) is 1. The zero-order chi connectivity index (χ0) is 14.4. The number of nitrogens with zero attached hydrogens (tertiary/aromatic N) is 1. The van der Waals surface area contributed by atoms with Crippen molar-refractivity contribution in [3.63, 3.8) is 0 Å². The molecule has 0 radical (unpaired) electrons. The summed E-state index contributed by atoms with van der Waals surface area (Å²) in [5, 5.41) is 1.18. The van der Waals surface area contributed by atoms with Gasteiger partial charge in [0.05, 0.1) is 11.2 Å². The molecular weight excluding hydrogens is 276 g/mol. The van der Waals surface area contributed by atoms with Crippen LogP contribution >= 0.6 is 11.3 Å². The van der Waals surface area contributed by atoms with Crippen LogP contribution in [0.25, 0.3) is 11.3 Å². The maximum Gasteiger partial charge on any atom is 0.113 e. The van der Waals surface area contributed by atoms with E-state index in [0.29, 0.717) is 0 Å². The van der Waals surface area contributed by atoms with Crippen molar-refractivity contribution >= 4 is 11.3 Å². The minimum absolute atomic E-state index is 0.171. The Hall–Kier alpha value is -1.19. The van der Waals surface area contributed by atoms with Crippen LogP contribution in [0.1, 0.15) is 59.5 Å². The van der Waals surface area contributed by atoms with Gasteiger partial charge in [-0.05, 0) is 31.4 Å². The second-order valence-corrected chi connectivity index (χ2v) is 7.78. The number of fused-ring (bicyclic) bond motifs is 3. The summed E-state index contributed by atoms with van der Waals surface area (Å²) >= 11 is 1.86. The molecule has 0 amide bonds. The van der Waals surface area contributed by atoms with Crippen molar-refractivity contribution in [3.05, 3.63) is 39.2 Å². The molecule has 2 aromatic rings. The summed E-state index contributed by atoms with van der Waals surface area (Å²) in [6, 6.07) is 6.73. The summed E-state index contributed by atoms with van der Waals surface area (Å²) in [6.45, 7) is 2.15. The Kier molecular flexibility index (Phi) is 3.16. The Morgan fingerprint density at radius 3 is 2.67 bits per heavy atom. The molecular formula is C18H22N2S. The summed E-state index contributed by atoms with van der Waals surface area (Å²) in [5.41, 5.74) is 11.9. The highest BCUT2D eigenvalue weighted by molar-refractivity contribution is 7.12. The first-order valence-corrected chi connectivity index (χ1v) is 8.86. The van der Waals surface area contributed by atoms with E-state index in [2.05, 4.69) is 25.1 Å². The van der Waals surface area contributed by atoms with Crippen LogP contribution < -0.4 is 5.73 Å². The Morgan fingerprint density at radius 1 is 1.14 bits per heavy atom. The topological polar surface area (TPSA) is 38.9 Å². The summed E-state index contributed by atoms with van der Waals surface area (Å²) in [6.07, 6.45) is 8.38. The quantitative estimate of drug-likeness (QED) is 0.670. The average Bonchev–Trinajstić information content (AvgIpc) is 2.93. The van der Waals surface area contributed by atoms with E-state index in [1.807, 2.05) is 11.3 Å². The van der Waals surface area contributed by atoms with Gasteiger partial charge < -0.3 is 5.73 Å². The van der Waals surface area contributed by atoms with E-state index < -0.39 is 0 Å². The molecule has 110 valence electrons. The van der Waals surface area contributed by atoms with E-state index >= 15 is 0 Å². The first-order chi connectivity index (χ1) is 10.2. The van der Waals surface area contributed by atoms with Crippen molar-refractivity contribution in [2.75, 3.05) is 0 Å². The molecule has 3 heteroatoms. The van der Waals surface area contributed by atoms with E-state index in [1.165, 1.54) is 58.0 Å². The second kappa shape index (κ2) is 4.92. The van der Waals surface area contributed by atoms with Gasteiger partial charge in [0, 0.05) is 16.9 Å². The molecule has 1 heterocycles. The van der Waals surface area contributed by atoms with Gasteiger partial charge in [-0.2, -0.15) is 0 Å². The lowest BCUT2D eigenvalue weighted by Gasteiger charge is -2.25. The minimum Gasteiger partial charge on any atom is -0.319 e. The van der Waals surface area contributed by atoms with E-state index in [-0.39, 0.29) is 5.54 Å². The van der Waals surface area contributed by atoms with Crippen LogP contribution in [0.4, 0.5) is 0 Å². The zero-order valence-corrected chi connectivity index (χ0v) is 13.4. The minimum atomic E-state index is -0.171. The Bertz CT molecular complexity index is 679. The maximum atomic E-state index is 6.74. The van der Waals surface area contributed by atoms with Gasteiger partial charge in [0.2, 0.25) is 0 Å². The molecule has 4 rings (SSSR count). The van der Waals surface area contributed by atoms with Crippen LogP contribution in [-0.2, 0) is 12.0 Å². The molecule has 1 saturated carbocycles. The molecule has 2 N–H and O–H groups in total. The standard InChI is InChI=1S/C18H22N2S/c1-12-6-7-13-11-15-16(14(13)10-12)20-17(21-15)18(19)8-4-2-3-5-9-18/h6-7,10H,2-5,8-9,11,19H2,1H3. The highest BCUT2D eigenvalue weighted by Crippen LogP contribution is 2.44. The van der Waals surface area contributed by atoms with Gasteiger partial charge in [0.15, 0.2) is 0 Å². The van der Waals surface area contributed by atoms with Gasteiger partial charge in [-0.3, -0.25) is 0 Å². The van der Waals surface area contributed by atoms with E-state index in [1.54, 1.807) is 0 Å². The molecule has 0 bridgehead atoms. The smallest absolute Gasteiger partial charge is 0.113 e. The number of hydrogen-bond acceptors (Lipinski definition) is 3. The SMILES string of the molecule is Cc1ccc2c(c1)-c1nc(C3(N)CCCCCC3)sc1C2. The van der Waals surface area contributed by atoms with Crippen LogP contribution in [0.5, 0.6) is 0 Å². The normalized spacial score (nSPS) is 19.9. The van der Waals surface area contributed by atoms with Crippen molar-refractivity contribution in [1.82, 2.24) is 4.98 Å². The molecule has 21 heavy (non-hydrogen) atoms. The lowest BCUT2D eigenvalue weighted by molar-refractivity contribution is 0.384. The summed E-state index contributed by atoms with van der Waals surface area (Å²) in [5.74, 6) is 0. The number of nitrogens with two attached hydrogens (primary N) is 1. The highest BCUT2D eigenvalue weighted by atomic mass is 32.1. The summed E-state index contributed by atoms with van der Waals surface area (Å²) < 4.78 is 0. The molecule has 1 aromatic heterocycles. The average molecular weight is 298 g/mol. The lowest BCUT2D eigenvalue weighted by atomic mass is 9.92. The fourth-order valence-electron chi connectivity index (χ4n) is 3.71. The molecule has 1 fully saturated rings. The first kappa shape index (κ1) is 13.5. The third-order valence-corrected chi connectivity index (χ3v) is 6.27. The number of rotatable bonds is 1. The van der Waals surface area contributed by atoms with Crippen LogP contribution in [-0.4, -0.2) is 4.98 Å². The predicted octanol–water partition coefficient (Wildman–Crippen LogP) is 4.53. The summed E-state index contributed by atoms with van der Waals surface area (Å²) in [7, 11) is 0. The van der Waals surface area contributed by atoms with E-state index in [9.17, 15) is 0 Å². The Morgan fingerprint density at radius 2 is 1.90 bits per heavy atom. The van der Waals surface area contributed by atoms with Gasteiger partial charge in [-0.25, -0.2) is 4.98 Å². The lowest BCUT2D eigenvalue weighted by Crippen LogP contribution is -2.35. The molecule has 0 unspecified atom stereocenters. The second-order valence-electron chi connectivity index (χ2n) is 6.70. The van der Waals surface area contributed by atoms with Gasteiger partial charge in [0.25, 0.3) is 0 Å². The monoisotopic (exact) mass is 298 g/mol. The Balaban J connectivity index is 1.74. The number of aromatic nitrogens is 1. The molecule has 1 aromatic carbocycles. The van der Waals surface area contributed by atoms with E-state index in [4.69, 9.17) is 10.7 Å². The Labute approximate surface area is 130 Å². The van der Waals surface area contributed by atoms with Crippen LogP contribution in [0.2, 0.25) is 0 Å². The third-order valence-electron chi connectivity index (χ3n) is 4.99. The van der Waals surface area contributed by atoms with Gasteiger partial charge in [0.1, 0.15) is 5.01 Å². The zero-order valence-electron chi connectivity index (χ0n) is 12.6. The maximum absolute atomic E-state index is 6.74. The number of thiazole rings is 1. The third kappa shape index (κ3) is 2.23. The van der Waals surface area contributed by atoms with Crippen molar-refractivity contribution in [3.8, 4) is 11.3 Å². The largest absolute Gasteiger partial charge is 0.319 e. The molecule has 2 aliphatic carbocycles. The van der Waals surface area contributed by atoms with Crippen molar-refractivity contribution in [2.24, 2.45) is 5.73 Å². The number of benzene rings is 1. The van der Waals surface area contributed by atoms with Crippen molar-refractivity contribution < 1.29 is 0 Å². The molecule has 0 spiro atoms. The molecule has 0 aliphatic heterocycles. The molecule has 0 atom stereocenters. The van der Waals surface area contributed by atoms with Gasteiger partial charge in [-0.15, -0.1) is 11.3 Å². The summed E-state index contributed by atoms with van der Waals surface area (Å²) in [4.78, 5) is 6.42. The number of aryl methyl sites for hydroxylation is 1. The van der Waals surface area contributed by atoms with Crippen molar-refractivity contribution in [2.45, 2.75) is 57.4 Å². The fraction of sp³-hybridized carbons (Fsp3) is 0.500. The highest BCUT2D eigenvalue weighted by Gasteiger charge is 2.34. The van der Waals surface area contributed by atoms with Crippen molar-refractivity contribution in [1.29, 1.82) is 0 Å². The van der Waals surface area contributed by atoms with Gasteiger partial charge >= 0.3 is 0 Å². The predicted molar refractivity (Wildman–Crippen MR) is 88.7 cm³/mol. The van der Waals surface area contributed by atoms with Crippen LogP contribution in [0.15, 0.2) is 18.2 Å². The van der Waals surface area contributed by atoms with E-state index in [0.717, 1.165) is 19.3 Å². The first-order valence-electron chi connectivity index (χ1n) is 8.05. The molecule has 2 aliphatic rings. The van der Waals surface area contributed by atoms with Gasteiger partial charge in [-0.1, -0.05) is 43.4 Å². The fourth-order valence-corrected chi connectivity index (χ4v) is 4.96. The van der Waals surface area contributed by atoms with Crippen LogP contribution in [0.3, 0.4) is 0 Å². The molecule has 0 saturated heterocycles. The van der Waals surface area contributed by atoms with Crippen LogP contribution in [0, 0.1) is 6.92 Å².